The highest BCUT2D eigenvalue weighted by Crippen LogP contribution is 2.08. The van der Waals surface area contributed by atoms with Gasteiger partial charge in [-0.15, -0.1) is 0 Å². The lowest BCUT2D eigenvalue weighted by Crippen LogP contribution is -2.12. The third-order valence-corrected chi connectivity index (χ3v) is 1.19. The standard InChI is InChI=1S/C7H10NO/c1-8(2)7-4-3-5-9-6-7/h3,5H,4H2,1-2H3. The molecule has 0 fully saturated rings. The molecule has 2 nitrogen and oxygen atoms in total. The number of allylic oxidation sites excluding steroid dienone is 1. The zero-order valence-electron chi connectivity index (χ0n) is 5.72. The first kappa shape index (κ1) is 6.20. The minimum absolute atomic E-state index is 0.924. The van der Waals surface area contributed by atoms with Crippen LogP contribution in [-0.2, 0) is 4.74 Å². The van der Waals surface area contributed by atoms with Crippen LogP contribution >= 0.6 is 0 Å². The number of rotatable bonds is 1. The van der Waals surface area contributed by atoms with E-state index in [1.807, 2.05) is 25.1 Å². The Balaban J connectivity index is 2.50. The minimum Gasteiger partial charge on any atom is -0.459 e. The number of nitrogens with zero attached hydrogens (tertiary/aromatic N) is 1. The molecule has 0 saturated heterocycles. The van der Waals surface area contributed by atoms with Crippen molar-refractivity contribution in [2.24, 2.45) is 0 Å². The van der Waals surface area contributed by atoms with Gasteiger partial charge in [0, 0.05) is 20.5 Å². The van der Waals surface area contributed by atoms with Crippen LogP contribution in [-0.4, -0.2) is 19.0 Å². The second-order valence-electron chi connectivity index (χ2n) is 2.14. The summed E-state index contributed by atoms with van der Waals surface area (Å²) in [6, 6.07) is 0. The lowest BCUT2D eigenvalue weighted by Gasteiger charge is -2.15. The van der Waals surface area contributed by atoms with Crippen LogP contribution < -0.4 is 0 Å². The third kappa shape index (κ3) is 1.49. The largest absolute Gasteiger partial charge is 0.459 e. The Morgan fingerprint density at radius 2 is 2.44 bits per heavy atom. The Morgan fingerprint density at radius 1 is 1.67 bits per heavy atom. The Bertz CT molecular complexity index is 147. The second-order valence-corrected chi connectivity index (χ2v) is 2.14. The van der Waals surface area contributed by atoms with E-state index in [-0.39, 0.29) is 0 Å². The first-order chi connectivity index (χ1) is 4.30. The molecule has 1 rings (SSSR count). The molecule has 2 heteroatoms. The molecule has 0 unspecified atom stereocenters. The second kappa shape index (κ2) is 2.58. The van der Waals surface area contributed by atoms with Crippen molar-refractivity contribution >= 4 is 0 Å². The van der Waals surface area contributed by atoms with E-state index in [1.54, 1.807) is 6.26 Å². The molecule has 0 aromatic rings. The third-order valence-electron chi connectivity index (χ3n) is 1.19. The summed E-state index contributed by atoms with van der Waals surface area (Å²) in [4.78, 5) is 1.99. The average molecular weight is 124 g/mol. The topological polar surface area (TPSA) is 12.5 Å². The van der Waals surface area contributed by atoms with E-state index >= 15 is 0 Å². The lowest BCUT2D eigenvalue weighted by molar-refractivity contribution is 0.330. The monoisotopic (exact) mass is 124 g/mol. The fourth-order valence-electron chi connectivity index (χ4n) is 0.625. The van der Waals surface area contributed by atoms with Crippen LogP contribution in [0.4, 0.5) is 0 Å². The molecule has 0 amide bonds. The SMILES string of the molecule is CN(C)C1=[C]OC=CC1. The van der Waals surface area contributed by atoms with Gasteiger partial charge in [0.05, 0.1) is 12.0 Å². The van der Waals surface area contributed by atoms with E-state index in [1.165, 1.54) is 0 Å². The number of ether oxygens (including phenoxy) is 1. The molecule has 1 aliphatic heterocycles. The van der Waals surface area contributed by atoms with Crippen molar-refractivity contribution in [3.05, 3.63) is 24.3 Å². The van der Waals surface area contributed by atoms with Crippen LogP contribution in [0.2, 0.25) is 0 Å². The van der Waals surface area contributed by atoms with Gasteiger partial charge in [-0.25, -0.2) is 0 Å². The molecule has 0 aromatic heterocycles. The molecule has 0 aromatic carbocycles. The van der Waals surface area contributed by atoms with Crippen molar-refractivity contribution in [1.82, 2.24) is 4.90 Å². The van der Waals surface area contributed by atoms with Crippen LogP contribution in [0.5, 0.6) is 0 Å². The van der Waals surface area contributed by atoms with Crippen molar-refractivity contribution in [1.29, 1.82) is 0 Å². The summed E-state index contributed by atoms with van der Waals surface area (Å²) < 4.78 is 4.83. The van der Waals surface area contributed by atoms with E-state index in [2.05, 4.69) is 6.26 Å². The van der Waals surface area contributed by atoms with Gasteiger partial charge in [0.2, 0.25) is 0 Å². The van der Waals surface area contributed by atoms with E-state index in [4.69, 9.17) is 4.74 Å². The van der Waals surface area contributed by atoms with Gasteiger partial charge < -0.3 is 9.64 Å². The first-order valence-electron chi connectivity index (χ1n) is 2.90. The van der Waals surface area contributed by atoms with Gasteiger partial charge in [0.1, 0.15) is 0 Å². The Kier molecular flexibility index (Phi) is 1.78. The predicted octanol–water partition coefficient (Wildman–Crippen LogP) is 1.13. The Hall–Kier alpha value is -0.920. The minimum atomic E-state index is 0.924. The molecule has 0 aliphatic carbocycles. The van der Waals surface area contributed by atoms with Gasteiger partial charge in [0.25, 0.3) is 0 Å². The van der Waals surface area contributed by atoms with Gasteiger partial charge in [-0.3, -0.25) is 0 Å². The highest BCUT2D eigenvalue weighted by Gasteiger charge is 2.00. The molecule has 0 N–H and O–H groups in total. The van der Waals surface area contributed by atoms with E-state index in [0.29, 0.717) is 0 Å². The molecular formula is C7H10NO. The molecule has 0 saturated carbocycles. The molecule has 0 spiro atoms. The van der Waals surface area contributed by atoms with Crippen molar-refractivity contribution in [2.45, 2.75) is 6.42 Å². The van der Waals surface area contributed by atoms with Gasteiger partial charge in [-0.2, -0.15) is 0 Å². The van der Waals surface area contributed by atoms with Crippen LogP contribution in [0.25, 0.3) is 0 Å². The zero-order chi connectivity index (χ0) is 6.69. The normalized spacial score (nSPS) is 16.4. The molecule has 1 aliphatic rings. The molecule has 0 bridgehead atoms. The molecule has 9 heavy (non-hydrogen) atoms. The Morgan fingerprint density at radius 3 is 2.78 bits per heavy atom. The van der Waals surface area contributed by atoms with Gasteiger partial charge in [0.15, 0.2) is 6.26 Å². The van der Waals surface area contributed by atoms with E-state index in [9.17, 15) is 0 Å². The van der Waals surface area contributed by atoms with Crippen molar-refractivity contribution in [2.75, 3.05) is 14.1 Å². The van der Waals surface area contributed by atoms with Crippen LogP contribution in [0.15, 0.2) is 18.0 Å². The average Bonchev–Trinajstić information content (AvgIpc) is 1.90. The van der Waals surface area contributed by atoms with E-state index in [0.717, 1.165) is 12.1 Å². The highest BCUT2D eigenvalue weighted by atomic mass is 16.5. The van der Waals surface area contributed by atoms with E-state index < -0.39 is 0 Å². The van der Waals surface area contributed by atoms with Crippen LogP contribution in [0.1, 0.15) is 6.42 Å². The molecule has 1 heterocycles. The molecule has 0 atom stereocenters. The summed E-state index contributed by atoms with van der Waals surface area (Å²) >= 11 is 0. The Labute approximate surface area is 55.4 Å². The highest BCUT2D eigenvalue weighted by molar-refractivity contribution is 5.02. The van der Waals surface area contributed by atoms with Crippen molar-refractivity contribution in [3.63, 3.8) is 0 Å². The smallest absolute Gasteiger partial charge is 0.190 e. The van der Waals surface area contributed by atoms with Crippen molar-refractivity contribution in [3.8, 4) is 0 Å². The summed E-state index contributed by atoms with van der Waals surface area (Å²) in [5, 5.41) is 0. The molecule has 49 valence electrons. The number of hydrogen-bond acceptors (Lipinski definition) is 2. The summed E-state index contributed by atoms with van der Waals surface area (Å²) in [5.74, 6) is 0. The molecule has 1 radical (unpaired) electrons. The molecular weight excluding hydrogens is 114 g/mol. The van der Waals surface area contributed by atoms with Gasteiger partial charge in [-0.05, 0) is 6.08 Å². The fraction of sp³-hybridized carbons (Fsp3) is 0.429. The predicted molar refractivity (Wildman–Crippen MR) is 35.3 cm³/mol. The maximum Gasteiger partial charge on any atom is 0.190 e. The summed E-state index contributed by atoms with van der Waals surface area (Å²) in [6.07, 6.45) is 7.31. The summed E-state index contributed by atoms with van der Waals surface area (Å²) in [6.45, 7) is 0. The van der Waals surface area contributed by atoms with Crippen molar-refractivity contribution < 1.29 is 4.74 Å². The first-order valence-corrected chi connectivity index (χ1v) is 2.90. The van der Waals surface area contributed by atoms with Crippen LogP contribution in [0, 0.1) is 6.26 Å². The van der Waals surface area contributed by atoms with Gasteiger partial charge >= 0.3 is 0 Å². The zero-order valence-corrected chi connectivity index (χ0v) is 5.72. The maximum atomic E-state index is 4.83. The summed E-state index contributed by atoms with van der Waals surface area (Å²) in [5.41, 5.74) is 1.08. The van der Waals surface area contributed by atoms with Crippen LogP contribution in [0.3, 0.4) is 0 Å². The summed E-state index contributed by atoms with van der Waals surface area (Å²) in [7, 11) is 3.95. The lowest BCUT2D eigenvalue weighted by atomic mass is 10.3. The van der Waals surface area contributed by atoms with Gasteiger partial charge in [-0.1, -0.05) is 0 Å². The quantitative estimate of drug-likeness (QED) is 0.519. The number of hydrogen-bond donors (Lipinski definition) is 0. The maximum absolute atomic E-state index is 4.83. The fourth-order valence-corrected chi connectivity index (χ4v) is 0.625.